The van der Waals surface area contributed by atoms with Crippen LogP contribution in [0, 0.1) is 0 Å². The van der Waals surface area contributed by atoms with E-state index in [0.717, 1.165) is 36.9 Å². The van der Waals surface area contributed by atoms with Crippen molar-refractivity contribution >= 4 is 5.57 Å². The molecule has 1 aromatic rings. The van der Waals surface area contributed by atoms with Crippen LogP contribution in [0.1, 0.15) is 37.3 Å². The molecule has 110 valence electrons. The molecule has 0 aliphatic heterocycles. The van der Waals surface area contributed by atoms with Gasteiger partial charge in [-0.05, 0) is 37.3 Å². The Balaban J connectivity index is 1.93. The van der Waals surface area contributed by atoms with Crippen LogP contribution in [0.4, 0.5) is 0 Å². The largest absolute Gasteiger partial charge is 0.402 e. The number of rotatable bonds is 5. The highest BCUT2D eigenvalue weighted by molar-refractivity contribution is 5.68. The smallest absolute Gasteiger partial charge is 0.0704 e. The fourth-order valence-corrected chi connectivity index (χ4v) is 2.67. The van der Waals surface area contributed by atoms with Crippen LogP contribution in [0.3, 0.4) is 0 Å². The topological polar surface area (TPSA) is 78.5 Å². The van der Waals surface area contributed by atoms with Crippen molar-refractivity contribution in [3.63, 3.8) is 0 Å². The first kappa shape index (κ1) is 15.0. The molecule has 0 saturated heterocycles. The van der Waals surface area contributed by atoms with Crippen LogP contribution >= 0.6 is 0 Å². The normalized spacial score (nSPS) is 23.8. The predicted octanol–water partition coefficient (Wildman–Crippen LogP) is 1.37. The summed E-state index contributed by atoms with van der Waals surface area (Å²) in [7, 11) is 0. The van der Waals surface area contributed by atoms with Crippen LogP contribution in [-0.4, -0.2) is 29.0 Å². The van der Waals surface area contributed by atoms with Gasteiger partial charge < -0.3 is 21.3 Å². The maximum absolute atomic E-state index is 9.49. The molecule has 1 fully saturated rings. The number of hydrogen-bond acceptors (Lipinski definition) is 4. The molecule has 5 N–H and O–H groups in total. The quantitative estimate of drug-likeness (QED) is 0.655. The van der Waals surface area contributed by atoms with Crippen molar-refractivity contribution in [3.8, 4) is 0 Å². The van der Waals surface area contributed by atoms with E-state index in [1.165, 1.54) is 5.56 Å². The van der Waals surface area contributed by atoms with Gasteiger partial charge in [0, 0.05) is 23.9 Å². The van der Waals surface area contributed by atoms with Crippen LogP contribution in [0.25, 0.3) is 5.57 Å². The van der Waals surface area contributed by atoms with Crippen molar-refractivity contribution in [1.29, 1.82) is 0 Å². The third-order valence-electron chi connectivity index (χ3n) is 3.94. The Labute approximate surface area is 120 Å². The van der Waals surface area contributed by atoms with Crippen molar-refractivity contribution < 1.29 is 10.2 Å². The lowest BCUT2D eigenvalue weighted by Crippen LogP contribution is -2.26. The lowest BCUT2D eigenvalue weighted by Gasteiger charge is -2.13. The summed E-state index contributed by atoms with van der Waals surface area (Å²) in [6.45, 7) is 2.56. The van der Waals surface area contributed by atoms with Gasteiger partial charge in [0.25, 0.3) is 0 Å². The molecule has 1 aliphatic rings. The van der Waals surface area contributed by atoms with Gasteiger partial charge in [0.1, 0.15) is 0 Å². The van der Waals surface area contributed by atoms with Gasteiger partial charge >= 0.3 is 0 Å². The second kappa shape index (κ2) is 6.88. The van der Waals surface area contributed by atoms with E-state index in [1.54, 1.807) is 6.92 Å². The zero-order chi connectivity index (χ0) is 14.5. The average Bonchev–Trinajstić information content (AvgIpc) is 2.84. The van der Waals surface area contributed by atoms with Crippen molar-refractivity contribution in [2.45, 2.75) is 44.9 Å². The molecule has 1 aromatic carbocycles. The van der Waals surface area contributed by atoms with Gasteiger partial charge in [0.05, 0.1) is 12.7 Å². The Hall–Kier alpha value is -1.36. The number of aliphatic hydroxyl groups excluding tert-OH is 2. The van der Waals surface area contributed by atoms with Gasteiger partial charge in [-0.1, -0.05) is 24.3 Å². The van der Waals surface area contributed by atoms with Gasteiger partial charge in [0.2, 0.25) is 0 Å². The maximum Gasteiger partial charge on any atom is 0.0704 e. The van der Waals surface area contributed by atoms with Gasteiger partial charge in [0.15, 0.2) is 0 Å². The van der Waals surface area contributed by atoms with E-state index in [9.17, 15) is 10.2 Å². The van der Waals surface area contributed by atoms with Crippen LogP contribution in [0.5, 0.6) is 0 Å². The zero-order valence-electron chi connectivity index (χ0n) is 12.0. The van der Waals surface area contributed by atoms with Gasteiger partial charge in [-0.3, -0.25) is 0 Å². The van der Waals surface area contributed by atoms with E-state index < -0.39 is 0 Å². The molecule has 0 spiro atoms. The summed E-state index contributed by atoms with van der Waals surface area (Å²) >= 11 is 0. The molecule has 0 radical (unpaired) electrons. The molecule has 0 aromatic heterocycles. The molecule has 2 rings (SSSR count). The Morgan fingerprint density at radius 2 is 2.00 bits per heavy atom. The van der Waals surface area contributed by atoms with Crippen LogP contribution in [-0.2, 0) is 6.54 Å². The lowest BCUT2D eigenvalue weighted by atomic mass is 10.0. The number of benzene rings is 1. The van der Waals surface area contributed by atoms with Crippen molar-refractivity contribution in [2.75, 3.05) is 6.61 Å². The SMILES string of the molecule is C/C(N)=C(/CO)c1ccc(CNC2CC[C@@H](O)C2)cc1. The second-order valence-electron chi connectivity index (χ2n) is 5.56. The zero-order valence-corrected chi connectivity index (χ0v) is 12.0. The van der Waals surface area contributed by atoms with E-state index in [1.807, 2.05) is 24.3 Å². The molecule has 4 heteroatoms. The van der Waals surface area contributed by atoms with Crippen LogP contribution in [0.2, 0.25) is 0 Å². The predicted molar refractivity (Wildman–Crippen MR) is 80.8 cm³/mol. The Morgan fingerprint density at radius 1 is 1.30 bits per heavy atom. The fraction of sp³-hybridized carbons (Fsp3) is 0.500. The van der Waals surface area contributed by atoms with Crippen LogP contribution < -0.4 is 11.1 Å². The summed E-state index contributed by atoms with van der Waals surface area (Å²) in [4.78, 5) is 0. The highest BCUT2D eigenvalue weighted by Gasteiger charge is 2.21. The number of aliphatic hydroxyl groups is 2. The highest BCUT2D eigenvalue weighted by Crippen LogP contribution is 2.20. The first-order valence-electron chi connectivity index (χ1n) is 7.17. The van der Waals surface area contributed by atoms with Gasteiger partial charge in [-0.15, -0.1) is 0 Å². The summed E-state index contributed by atoms with van der Waals surface area (Å²) in [5.74, 6) is 0. The minimum Gasteiger partial charge on any atom is -0.402 e. The standard InChI is InChI=1S/C16H24N2O2/c1-11(17)16(10-19)13-4-2-12(3-5-13)9-18-14-6-7-15(20)8-14/h2-5,14-15,18-20H,6-10,17H2,1H3/b16-11+/t14?,15-/m1/s1. The first-order valence-corrected chi connectivity index (χ1v) is 7.17. The minimum atomic E-state index is -0.139. The Morgan fingerprint density at radius 3 is 2.50 bits per heavy atom. The molecule has 20 heavy (non-hydrogen) atoms. The molecule has 1 unspecified atom stereocenters. The summed E-state index contributed by atoms with van der Waals surface area (Å²) < 4.78 is 0. The van der Waals surface area contributed by atoms with Crippen molar-refractivity contribution in [2.24, 2.45) is 5.73 Å². The van der Waals surface area contributed by atoms with E-state index in [0.29, 0.717) is 11.7 Å². The summed E-state index contributed by atoms with van der Waals surface area (Å²) in [5.41, 5.74) is 9.35. The fourth-order valence-electron chi connectivity index (χ4n) is 2.67. The monoisotopic (exact) mass is 276 g/mol. The molecule has 0 amide bonds. The lowest BCUT2D eigenvalue weighted by molar-refractivity contribution is 0.179. The summed E-state index contributed by atoms with van der Waals surface area (Å²) in [5, 5.41) is 22.3. The van der Waals surface area contributed by atoms with Gasteiger partial charge in [-0.25, -0.2) is 0 Å². The van der Waals surface area contributed by atoms with E-state index in [2.05, 4.69) is 5.32 Å². The third-order valence-corrected chi connectivity index (χ3v) is 3.94. The summed E-state index contributed by atoms with van der Waals surface area (Å²) in [6.07, 6.45) is 2.65. The van der Waals surface area contributed by atoms with E-state index in [4.69, 9.17) is 5.73 Å². The van der Waals surface area contributed by atoms with Gasteiger partial charge in [-0.2, -0.15) is 0 Å². The molecule has 4 nitrogen and oxygen atoms in total. The first-order chi connectivity index (χ1) is 9.60. The van der Waals surface area contributed by atoms with E-state index in [-0.39, 0.29) is 12.7 Å². The molecule has 0 bridgehead atoms. The van der Waals surface area contributed by atoms with E-state index >= 15 is 0 Å². The van der Waals surface area contributed by atoms with Crippen molar-refractivity contribution in [3.05, 3.63) is 41.1 Å². The Bertz CT molecular complexity index is 464. The molecule has 0 heterocycles. The molecule has 1 aliphatic carbocycles. The molecule has 1 saturated carbocycles. The minimum absolute atomic E-state index is 0.0418. The maximum atomic E-state index is 9.49. The number of hydrogen-bond donors (Lipinski definition) is 4. The summed E-state index contributed by atoms with van der Waals surface area (Å²) in [6, 6.07) is 8.49. The molecular weight excluding hydrogens is 252 g/mol. The number of nitrogens with one attached hydrogen (secondary N) is 1. The van der Waals surface area contributed by atoms with Crippen LogP contribution in [0.15, 0.2) is 30.0 Å². The van der Waals surface area contributed by atoms with Crippen molar-refractivity contribution in [1.82, 2.24) is 5.32 Å². The Kier molecular flexibility index (Phi) is 5.17. The molecule has 2 atom stereocenters. The molecular formula is C16H24N2O2. The number of nitrogens with two attached hydrogens (primary N) is 1. The third kappa shape index (κ3) is 3.82. The average molecular weight is 276 g/mol. The number of allylic oxidation sites excluding steroid dienone is 1. The second-order valence-corrected chi connectivity index (χ2v) is 5.56. The highest BCUT2D eigenvalue weighted by atomic mass is 16.3.